The topological polar surface area (TPSA) is 48.4 Å². The number of carbonyl (C=O) groups is 1. The van der Waals surface area contributed by atoms with Crippen molar-refractivity contribution in [1.82, 2.24) is 4.98 Å². The van der Waals surface area contributed by atoms with E-state index in [1.54, 1.807) is 6.07 Å². The predicted octanol–water partition coefficient (Wildman–Crippen LogP) is 9.28. The van der Waals surface area contributed by atoms with E-state index in [-0.39, 0.29) is 12.1 Å². The highest BCUT2D eigenvalue weighted by atomic mass is 28.3. The summed E-state index contributed by atoms with van der Waals surface area (Å²) in [6, 6.07) is 19.5. The molecule has 3 rings (SSSR count). The lowest BCUT2D eigenvalue weighted by molar-refractivity contribution is -0.143. The molecule has 216 valence electrons. The molecule has 0 bridgehead atoms. The highest BCUT2D eigenvalue weighted by Crippen LogP contribution is 2.32. The van der Waals surface area contributed by atoms with Crippen LogP contribution >= 0.6 is 0 Å². The molecule has 0 saturated carbocycles. The number of esters is 1. The van der Waals surface area contributed by atoms with Gasteiger partial charge in [-0.3, -0.25) is 4.79 Å². The molecule has 1 atom stereocenters. The summed E-state index contributed by atoms with van der Waals surface area (Å²) in [6.45, 7) is 9.41. The quantitative estimate of drug-likeness (QED) is 0.143. The van der Waals surface area contributed by atoms with Gasteiger partial charge in [0.1, 0.15) is 11.9 Å². The zero-order chi connectivity index (χ0) is 29.2. The molecule has 0 spiro atoms. The molecule has 4 nitrogen and oxygen atoms in total. The number of rotatable bonds is 14. The number of hydrogen-bond acceptors (Lipinski definition) is 4. The van der Waals surface area contributed by atoms with Gasteiger partial charge in [0.05, 0.1) is 23.6 Å². The standard InChI is InChI=1S/C32H40F3NO3Si/c1-5-6-12-30(29-11-8-10-28(36-29)25-16-18-26(19-17-25)32(33,34)35)39-27-20-14-24(15-21-27)9-7-13-31(37)38-22-23-40(2,3)4/h8,10-11,14-21,30H,5-7,9,12-13,22-23H2,1-4H3. The van der Waals surface area contributed by atoms with Crippen molar-refractivity contribution in [2.24, 2.45) is 0 Å². The molecular formula is C32H40F3NO3Si. The van der Waals surface area contributed by atoms with Crippen LogP contribution in [-0.2, 0) is 22.1 Å². The first-order valence-electron chi connectivity index (χ1n) is 14.0. The summed E-state index contributed by atoms with van der Waals surface area (Å²) in [5.41, 5.74) is 2.40. The summed E-state index contributed by atoms with van der Waals surface area (Å²) in [6.07, 6.45) is -0.0370. The number of aromatic nitrogens is 1. The smallest absolute Gasteiger partial charge is 0.416 e. The van der Waals surface area contributed by atoms with Gasteiger partial charge in [0, 0.05) is 20.1 Å². The van der Waals surface area contributed by atoms with Gasteiger partial charge in [-0.05, 0) is 73.7 Å². The molecule has 3 aromatic rings. The maximum atomic E-state index is 13.0. The first kappa shape index (κ1) is 31.4. The van der Waals surface area contributed by atoms with Crippen molar-refractivity contribution in [3.05, 3.63) is 83.6 Å². The first-order valence-corrected chi connectivity index (χ1v) is 17.7. The van der Waals surface area contributed by atoms with Crippen LogP contribution in [0.3, 0.4) is 0 Å². The highest BCUT2D eigenvalue weighted by molar-refractivity contribution is 6.76. The third kappa shape index (κ3) is 10.4. The SMILES string of the molecule is CCCCC(Oc1ccc(CCCC(=O)OCC[Si](C)(C)C)cc1)c1cccc(-c2ccc(C(F)(F)F)cc2)n1. The molecule has 1 heterocycles. The van der Waals surface area contributed by atoms with E-state index in [0.29, 0.717) is 24.3 Å². The van der Waals surface area contributed by atoms with Crippen LogP contribution in [0.15, 0.2) is 66.7 Å². The van der Waals surface area contributed by atoms with Gasteiger partial charge in [0.15, 0.2) is 0 Å². The monoisotopic (exact) mass is 571 g/mol. The van der Waals surface area contributed by atoms with Crippen LogP contribution in [0, 0.1) is 0 Å². The minimum atomic E-state index is -4.37. The Bertz CT molecular complexity index is 1210. The molecule has 1 aromatic heterocycles. The third-order valence-corrected chi connectivity index (χ3v) is 8.30. The van der Waals surface area contributed by atoms with Gasteiger partial charge >= 0.3 is 12.1 Å². The summed E-state index contributed by atoms with van der Waals surface area (Å²) in [5.74, 6) is 0.584. The Labute approximate surface area is 237 Å². The number of halogens is 3. The molecule has 2 aromatic carbocycles. The molecular weight excluding hydrogens is 531 g/mol. The Morgan fingerprint density at radius 2 is 1.65 bits per heavy atom. The minimum Gasteiger partial charge on any atom is -0.484 e. The second-order valence-corrected chi connectivity index (χ2v) is 16.9. The molecule has 0 aliphatic rings. The molecule has 0 fully saturated rings. The largest absolute Gasteiger partial charge is 0.484 e. The van der Waals surface area contributed by atoms with Crippen LogP contribution in [0.2, 0.25) is 25.7 Å². The van der Waals surface area contributed by atoms with Gasteiger partial charge < -0.3 is 9.47 Å². The Kier molecular flexibility index (Phi) is 11.4. The number of pyridine rings is 1. The lowest BCUT2D eigenvalue weighted by Crippen LogP contribution is -2.22. The summed E-state index contributed by atoms with van der Waals surface area (Å²) in [5, 5.41) is 0. The van der Waals surface area contributed by atoms with Gasteiger partial charge in [-0.2, -0.15) is 13.2 Å². The number of hydrogen-bond donors (Lipinski definition) is 0. The van der Waals surface area contributed by atoms with E-state index in [1.165, 1.54) is 12.1 Å². The van der Waals surface area contributed by atoms with Crippen molar-refractivity contribution in [2.45, 2.75) is 83.4 Å². The molecule has 1 unspecified atom stereocenters. The maximum Gasteiger partial charge on any atom is 0.416 e. The van der Waals surface area contributed by atoms with Crippen molar-refractivity contribution in [2.75, 3.05) is 6.61 Å². The average molecular weight is 572 g/mol. The van der Waals surface area contributed by atoms with Crippen molar-refractivity contribution in [3.8, 4) is 17.0 Å². The fraction of sp³-hybridized carbons (Fsp3) is 0.438. The van der Waals surface area contributed by atoms with E-state index in [0.717, 1.165) is 67.3 Å². The number of nitrogens with zero attached hydrogens (tertiary/aromatic N) is 1. The zero-order valence-corrected chi connectivity index (χ0v) is 24.9. The van der Waals surface area contributed by atoms with Gasteiger partial charge in [0.25, 0.3) is 0 Å². The van der Waals surface area contributed by atoms with E-state index in [2.05, 4.69) is 26.6 Å². The van der Waals surface area contributed by atoms with Crippen molar-refractivity contribution < 1.29 is 27.4 Å². The number of unbranched alkanes of at least 4 members (excludes halogenated alkanes) is 1. The third-order valence-electron chi connectivity index (χ3n) is 6.59. The second kappa shape index (κ2) is 14.5. The van der Waals surface area contributed by atoms with Crippen LogP contribution in [0.25, 0.3) is 11.3 Å². The molecule has 0 amide bonds. The summed E-state index contributed by atoms with van der Waals surface area (Å²) in [4.78, 5) is 16.8. The van der Waals surface area contributed by atoms with Gasteiger partial charge in [-0.1, -0.05) is 63.3 Å². The Morgan fingerprint density at radius 1 is 0.950 bits per heavy atom. The van der Waals surface area contributed by atoms with Gasteiger partial charge in [-0.15, -0.1) is 0 Å². The Hall–Kier alpha value is -3.13. The molecule has 8 heteroatoms. The van der Waals surface area contributed by atoms with E-state index >= 15 is 0 Å². The van der Waals surface area contributed by atoms with Crippen LogP contribution in [-0.4, -0.2) is 25.6 Å². The van der Waals surface area contributed by atoms with E-state index in [9.17, 15) is 18.0 Å². The van der Waals surface area contributed by atoms with E-state index in [1.807, 2.05) is 36.4 Å². The van der Waals surface area contributed by atoms with E-state index < -0.39 is 19.8 Å². The molecule has 40 heavy (non-hydrogen) atoms. The minimum absolute atomic E-state index is 0.136. The number of ether oxygens (including phenoxy) is 2. The fourth-order valence-electron chi connectivity index (χ4n) is 4.16. The molecule has 0 aliphatic carbocycles. The van der Waals surface area contributed by atoms with E-state index in [4.69, 9.17) is 14.5 Å². The summed E-state index contributed by atoms with van der Waals surface area (Å²) >= 11 is 0. The lowest BCUT2D eigenvalue weighted by atomic mass is 10.1. The fourth-order valence-corrected chi connectivity index (χ4v) is 4.87. The van der Waals surface area contributed by atoms with Crippen LogP contribution in [0.1, 0.15) is 62.0 Å². The lowest BCUT2D eigenvalue weighted by Gasteiger charge is -2.20. The maximum absolute atomic E-state index is 13.0. The van der Waals surface area contributed by atoms with Gasteiger partial charge in [0.2, 0.25) is 0 Å². The summed E-state index contributed by atoms with van der Waals surface area (Å²) in [7, 11) is -1.21. The Morgan fingerprint density at radius 3 is 2.27 bits per heavy atom. The van der Waals surface area contributed by atoms with Crippen LogP contribution in [0.4, 0.5) is 13.2 Å². The first-order chi connectivity index (χ1) is 18.9. The van der Waals surface area contributed by atoms with Crippen molar-refractivity contribution in [1.29, 1.82) is 0 Å². The average Bonchev–Trinajstić information content (AvgIpc) is 2.91. The number of carbonyl (C=O) groups excluding carboxylic acids is 1. The second-order valence-electron chi connectivity index (χ2n) is 11.3. The zero-order valence-electron chi connectivity index (χ0n) is 23.9. The Balaban J connectivity index is 1.60. The summed E-state index contributed by atoms with van der Waals surface area (Å²) < 4.78 is 50.6. The van der Waals surface area contributed by atoms with Crippen molar-refractivity contribution >= 4 is 14.0 Å². The van der Waals surface area contributed by atoms with Crippen LogP contribution < -0.4 is 4.74 Å². The van der Waals surface area contributed by atoms with Gasteiger partial charge in [-0.25, -0.2) is 4.98 Å². The van der Waals surface area contributed by atoms with Crippen molar-refractivity contribution in [3.63, 3.8) is 0 Å². The molecule has 0 aliphatic heterocycles. The predicted molar refractivity (Wildman–Crippen MR) is 156 cm³/mol. The number of benzene rings is 2. The number of aryl methyl sites for hydroxylation is 1. The molecule has 0 saturated heterocycles. The normalized spacial score (nSPS) is 12.7. The highest BCUT2D eigenvalue weighted by Gasteiger charge is 2.30. The van der Waals surface area contributed by atoms with Crippen LogP contribution in [0.5, 0.6) is 5.75 Å². The molecule has 0 radical (unpaired) electrons. The number of alkyl halides is 3. The molecule has 0 N–H and O–H groups in total.